The molecule has 0 saturated heterocycles. The average Bonchev–Trinajstić information content (AvgIpc) is 2.17. The molecule has 13 heavy (non-hydrogen) atoms. The predicted molar refractivity (Wildman–Crippen MR) is 54.4 cm³/mol. The number of aliphatic hydroxyl groups excluding tert-OH is 1. The van der Waals surface area contributed by atoms with Crippen LogP contribution in [0.2, 0.25) is 0 Å². The molecule has 0 spiro atoms. The molecular weight excluding hydrogens is 162 g/mol. The number of rotatable bonds is 5. The monoisotopic (exact) mass is 179 g/mol. The van der Waals surface area contributed by atoms with E-state index in [1.54, 1.807) is 0 Å². The fourth-order valence-electron chi connectivity index (χ4n) is 1.31. The molecule has 0 atom stereocenters. The smallest absolute Gasteiger partial charge is 0.0934 e. The topological polar surface area (TPSA) is 32.3 Å². The van der Waals surface area contributed by atoms with Gasteiger partial charge in [-0.2, -0.15) is 0 Å². The van der Waals surface area contributed by atoms with Gasteiger partial charge < -0.3 is 5.11 Å². The Kier molecular flexibility index (Phi) is 4.50. The van der Waals surface area contributed by atoms with Crippen LogP contribution in [0.1, 0.15) is 24.5 Å². The van der Waals surface area contributed by atoms with Gasteiger partial charge in [0.15, 0.2) is 0 Å². The summed E-state index contributed by atoms with van der Waals surface area (Å²) in [5.74, 6) is 0. The van der Waals surface area contributed by atoms with Gasteiger partial charge in [0.1, 0.15) is 0 Å². The Morgan fingerprint density at radius 1 is 1.15 bits per heavy atom. The summed E-state index contributed by atoms with van der Waals surface area (Å²) in [6.45, 7) is 2.96. The molecule has 0 aliphatic heterocycles. The van der Waals surface area contributed by atoms with Gasteiger partial charge in [0.2, 0.25) is 0 Å². The van der Waals surface area contributed by atoms with Crippen molar-refractivity contribution in [2.24, 2.45) is 0 Å². The summed E-state index contributed by atoms with van der Waals surface area (Å²) in [7, 11) is 0. The van der Waals surface area contributed by atoms with Crippen molar-refractivity contribution in [2.75, 3.05) is 6.73 Å². The molecule has 72 valence electrons. The van der Waals surface area contributed by atoms with E-state index in [-0.39, 0.29) is 6.73 Å². The van der Waals surface area contributed by atoms with Crippen molar-refractivity contribution in [3.8, 4) is 0 Å². The molecule has 0 radical (unpaired) electrons. The minimum atomic E-state index is 0.0384. The first-order valence-corrected chi connectivity index (χ1v) is 4.76. The molecular formula is C11H17NO. The first kappa shape index (κ1) is 10.2. The first-order valence-electron chi connectivity index (χ1n) is 4.76. The van der Waals surface area contributed by atoms with Crippen LogP contribution in [0.3, 0.4) is 0 Å². The zero-order valence-corrected chi connectivity index (χ0v) is 8.09. The molecule has 0 heterocycles. The summed E-state index contributed by atoms with van der Waals surface area (Å²) in [6, 6.07) is 8.51. The zero-order chi connectivity index (χ0) is 9.52. The number of hydrogen-bond donors (Lipinski definition) is 2. The van der Waals surface area contributed by atoms with Crippen molar-refractivity contribution in [3.63, 3.8) is 0 Å². The van der Waals surface area contributed by atoms with Gasteiger partial charge in [-0.25, -0.2) is 0 Å². The third-order valence-electron chi connectivity index (χ3n) is 2.00. The highest BCUT2D eigenvalue weighted by molar-refractivity contribution is 5.22. The molecule has 0 amide bonds. The van der Waals surface area contributed by atoms with Crippen molar-refractivity contribution in [1.82, 2.24) is 5.32 Å². The van der Waals surface area contributed by atoms with Crippen LogP contribution >= 0.6 is 0 Å². The molecule has 0 aliphatic carbocycles. The number of hydrogen-bond acceptors (Lipinski definition) is 2. The van der Waals surface area contributed by atoms with Crippen LogP contribution < -0.4 is 5.32 Å². The lowest BCUT2D eigenvalue weighted by Gasteiger charge is -2.03. The van der Waals surface area contributed by atoms with E-state index in [9.17, 15) is 0 Å². The number of benzene rings is 1. The summed E-state index contributed by atoms with van der Waals surface area (Å²) < 4.78 is 0. The molecule has 0 aliphatic rings. The maximum Gasteiger partial charge on any atom is 0.0934 e. The number of aliphatic hydroxyl groups is 1. The van der Waals surface area contributed by atoms with Gasteiger partial charge in [-0.15, -0.1) is 0 Å². The third-order valence-corrected chi connectivity index (χ3v) is 2.00. The van der Waals surface area contributed by atoms with Gasteiger partial charge in [0.25, 0.3) is 0 Å². The Hall–Kier alpha value is -0.860. The van der Waals surface area contributed by atoms with Gasteiger partial charge >= 0.3 is 0 Å². The van der Waals surface area contributed by atoms with Crippen molar-refractivity contribution >= 4 is 0 Å². The first-order chi connectivity index (χ1) is 6.36. The quantitative estimate of drug-likeness (QED) is 0.674. The normalized spacial score (nSPS) is 10.3. The second-order valence-corrected chi connectivity index (χ2v) is 3.15. The van der Waals surface area contributed by atoms with Crippen LogP contribution in [-0.2, 0) is 13.0 Å². The van der Waals surface area contributed by atoms with E-state index in [1.165, 1.54) is 17.5 Å². The van der Waals surface area contributed by atoms with E-state index in [0.29, 0.717) is 0 Å². The minimum absolute atomic E-state index is 0.0384. The minimum Gasteiger partial charge on any atom is -0.381 e. The average molecular weight is 179 g/mol. The fraction of sp³-hybridized carbons (Fsp3) is 0.455. The Balaban J connectivity index is 2.48. The molecule has 2 nitrogen and oxygen atoms in total. The molecule has 1 rings (SSSR count). The van der Waals surface area contributed by atoms with Crippen LogP contribution in [0.4, 0.5) is 0 Å². The lowest BCUT2D eigenvalue weighted by molar-refractivity contribution is 0.259. The third kappa shape index (κ3) is 3.57. The van der Waals surface area contributed by atoms with E-state index in [0.717, 1.165) is 13.0 Å². The second kappa shape index (κ2) is 5.73. The SMILES string of the molecule is CCCc1ccc(CNCO)cc1. The van der Waals surface area contributed by atoms with Gasteiger partial charge in [-0.1, -0.05) is 37.6 Å². The molecule has 1 aromatic rings. The Bertz CT molecular complexity index is 230. The van der Waals surface area contributed by atoms with Gasteiger partial charge in [-0.3, -0.25) is 5.32 Å². The molecule has 1 aromatic carbocycles. The van der Waals surface area contributed by atoms with Gasteiger partial charge in [0.05, 0.1) is 6.73 Å². The maximum atomic E-state index is 8.56. The van der Waals surface area contributed by atoms with Crippen LogP contribution in [0.15, 0.2) is 24.3 Å². The largest absolute Gasteiger partial charge is 0.381 e. The highest BCUT2D eigenvalue weighted by Crippen LogP contribution is 2.06. The van der Waals surface area contributed by atoms with Crippen molar-refractivity contribution in [1.29, 1.82) is 0 Å². The summed E-state index contributed by atoms with van der Waals surface area (Å²) in [4.78, 5) is 0. The molecule has 0 unspecified atom stereocenters. The van der Waals surface area contributed by atoms with E-state index in [1.807, 2.05) is 0 Å². The van der Waals surface area contributed by atoms with Crippen LogP contribution in [0.25, 0.3) is 0 Å². The summed E-state index contributed by atoms with van der Waals surface area (Å²) in [5.41, 5.74) is 2.60. The zero-order valence-electron chi connectivity index (χ0n) is 8.09. The summed E-state index contributed by atoms with van der Waals surface area (Å²) in [6.07, 6.45) is 2.34. The van der Waals surface area contributed by atoms with E-state index >= 15 is 0 Å². The van der Waals surface area contributed by atoms with Gasteiger partial charge in [-0.05, 0) is 17.5 Å². The lowest BCUT2D eigenvalue weighted by atomic mass is 10.1. The lowest BCUT2D eigenvalue weighted by Crippen LogP contribution is -2.13. The van der Waals surface area contributed by atoms with E-state index in [2.05, 4.69) is 36.5 Å². The van der Waals surface area contributed by atoms with E-state index in [4.69, 9.17) is 5.11 Å². The molecule has 0 saturated carbocycles. The van der Waals surface area contributed by atoms with Crippen molar-refractivity contribution < 1.29 is 5.11 Å². The standard InChI is InChI=1S/C11H17NO/c1-2-3-10-4-6-11(7-5-10)8-12-9-13/h4-7,12-13H,2-3,8-9H2,1H3. The van der Waals surface area contributed by atoms with Gasteiger partial charge in [0, 0.05) is 6.54 Å². The molecule has 2 heteroatoms. The van der Waals surface area contributed by atoms with Crippen LogP contribution in [0, 0.1) is 0 Å². The summed E-state index contributed by atoms with van der Waals surface area (Å²) >= 11 is 0. The van der Waals surface area contributed by atoms with Crippen molar-refractivity contribution in [2.45, 2.75) is 26.3 Å². The predicted octanol–water partition coefficient (Wildman–Crippen LogP) is 1.68. The van der Waals surface area contributed by atoms with E-state index < -0.39 is 0 Å². The highest BCUT2D eigenvalue weighted by atomic mass is 16.3. The molecule has 0 aromatic heterocycles. The number of nitrogens with one attached hydrogen (secondary N) is 1. The Morgan fingerprint density at radius 2 is 1.77 bits per heavy atom. The maximum absolute atomic E-state index is 8.56. The van der Waals surface area contributed by atoms with Crippen LogP contribution in [-0.4, -0.2) is 11.8 Å². The molecule has 2 N–H and O–H groups in total. The number of aryl methyl sites for hydroxylation is 1. The highest BCUT2D eigenvalue weighted by Gasteiger charge is 1.92. The molecule has 0 bridgehead atoms. The second-order valence-electron chi connectivity index (χ2n) is 3.15. The van der Waals surface area contributed by atoms with Crippen LogP contribution in [0.5, 0.6) is 0 Å². The Labute approximate surface area is 79.6 Å². The fourth-order valence-corrected chi connectivity index (χ4v) is 1.31. The molecule has 0 fully saturated rings. The Morgan fingerprint density at radius 3 is 2.31 bits per heavy atom. The summed E-state index contributed by atoms with van der Waals surface area (Å²) in [5, 5.41) is 11.4. The van der Waals surface area contributed by atoms with Crippen molar-refractivity contribution in [3.05, 3.63) is 35.4 Å².